The molecule has 1 aromatic heterocycles. The lowest BCUT2D eigenvalue weighted by Crippen LogP contribution is -2.45. The van der Waals surface area contributed by atoms with Gasteiger partial charge in [0.25, 0.3) is 0 Å². The standard InChI is InChI=1S/C15H20N2O5/c1-20-13-4-3-10(8-16-13)7-12(15(19)21-2)17-14(18)11-5-6-22-9-11/h3-4,8,11-12H,5-7,9H2,1-2H3,(H,17,18)/t11-,12-/m0/s1. The quantitative estimate of drug-likeness (QED) is 0.762. The Hall–Kier alpha value is -2.15. The van der Waals surface area contributed by atoms with E-state index in [9.17, 15) is 9.59 Å². The summed E-state index contributed by atoms with van der Waals surface area (Å²) in [7, 11) is 2.83. The molecule has 0 spiro atoms. The van der Waals surface area contributed by atoms with Crippen LogP contribution in [-0.4, -0.2) is 50.3 Å². The molecule has 2 atom stereocenters. The summed E-state index contributed by atoms with van der Waals surface area (Å²) in [5, 5.41) is 2.73. The lowest BCUT2D eigenvalue weighted by molar-refractivity contribution is -0.145. The van der Waals surface area contributed by atoms with Crippen molar-refractivity contribution < 1.29 is 23.8 Å². The van der Waals surface area contributed by atoms with Crippen LogP contribution in [0.5, 0.6) is 5.88 Å². The maximum Gasteiger partial charge on any atom is 0.328 e. The van der Waals surface area contributed by atoms with Gasteiger partial charge in [-0.15, -0.1) is 0 Å². The third-order valence-corrected chi connectivity index (χ3v) is 3.55. The second-order valence-corrected chi connectivity index (χ2v) is 5.06. The van der Waals surface area contributed by atoms with E-state index in [-0.39, 0.29) is 11.8 Å². The van der Waals surface area contributed by atoms with Crippen LogP contribution in [0.4, 0.5) is 0 Å². The van der Waals surface area contributed by atoms with Crippen molar-refractivity contribution in [2.24, 2.45) is 5.92 Å². The number of ether oxygens (including phenoxy) is 3. The van der Waals surface area contributed by atoms with E-state index >= 15 is 0 Å². The smallest absolute Gasteiger partial charge is 0.328 e. The maximum atomic E-state index is 12.1. The molecule has 22 heavy (non-hydrogen) atoms. The van der Waals surface area contributed by atoms with Gasteiger partial charge in [-0.2, -0.15) is 0 Å². The molecule has 1 amide bonds. The molecular formula is C15H20N2O5. The zero-order valence-electron chi connectivity index (χ0n) is 12.7. The molecule has 0 radical (unpaired) electrons. The zero-order chi connectivity index (χ0) is 15.9. The lowest BCUT2D eigenvalue weighted by Gasteiger charge is -2.18. The fourth-order valence-electron chi connectivity index (χ4n) is 2.25. The van der Waals surface area contributed by atoms with E-state index in [1.165, 1.54) is 14.2 Å². The zero-order valence-corrected chi connectivity index (χ0v) is 12.7. The van der Waals surface area contributed by atoms with Crippen LogP contribution in [0.3, 0.4) is 0 Å². The minimum absolute atomic E-state index is 0.186. The lowest BCUT2D eigenvalue weighted by atomic mass is 10.0. The number of hydrogen-bond donors (Lipinski definition) is 1. The molecule has 2 heterocycles. The Balaban J connectivity index is 2.01. The number of hydrogen-bond acceptors (Lipinski definition) is 6. The number of nitrogens with one attached hydrogen (secondary N) is 1. The third kappa shape index (κ3) is 4.17. The first-order chi connectivity index (χ1) is 10.6. The fourth-order valence-corrected chi connectivity index (χ4v) is 2.25. The number of pyridine rings is 1. The van der Waals surface area contributed by atoms with E-state index < -0.39 is 12.0 Å². The van der Waals surface area contributed by atoms with Crippen molar-refractivity contribution in [1.82, 2.24) is 10.3 Å². The Bertz CT molecular complexity index is 511. The number of aromatic nitrogens is 1. The molecule has 120 valence electrons. The molecule has 1 saturated heterocycles. The summed E-state index contributed by atoms with van der Waals surface area (Å²) in [5.41, 5.74) is 0.805. The highest BCUT2D eigenvalue weighted by molar-refractivity contribution is 5.86. The number of carbonyl (C=O) groups excluding carboxylic acids is 2. The van der Waals surface area contributed by atoms with Crippen molar-refractivity contribution in [3.05, 3.63) is 23.9 Å². The van der Waals surface area contributed by atoms with Crippen molar-refractivity contribution >= 4 is 11.9 Å². The van der Waals surface area contributed by atoms with Crippen molar-refractivity contribution in [3.63, 3.8) is 0 Å². The monoisotopic (exact) mass is 308 g/mol. The molecule has 7 nitrogen and oxygen atoms in total. The second kappa shape index (κ2) is 7.74. The van der Waals surface area contributed by atoms with E-state index in [2.05, 4.69) is 10.3 Å². The Labute approximate surface area is 129 Å². The summed E-state index contributed by atoms with van der Waals surface area (Å²) in [6, 6.07) is 2.76. The number of methoxy groups -OCH3 is 2. The van der Waals surface area contributed by atoms with Crippen LogP contribution in [0.2, 0.25) is 0 Å². The molecule has 0 unspecified atom stereocenters. The van der Waals surface area contributed by atoms with E-state index in [1.54, 1.807) is 18.3 Å². The molecule has 0 aromatic carbocycles. The predicted molar refractivity (Wildman–Crippen MR) is 77.4 cm³/mol. The topological polar surface area (TPSA) is 86.8 Å². The summed E-state index contributed by atoms with van der Waals surface area (Å²) < 4.78 is 14.9. The number of esters is 1. The van der Waals surface area contributed by atoms with Gasteiger partial charge >= 0.3 is 5.97 Å². The number of amides is 1. The first kappa shape index (κ1) is 16.2. The largest absolute Gasteiger partial charge is 0.481 e. The van der Waals surface area contributed by atoms with Crippen LogP contribution in [0.1, 0.15) is 12.0 Å². The molecule has 1 fully saturated rings. The molecular weight excluding hydrogens is 288 g/mol. The maximum absolute atomic E-state index is 12.1. The van der Waals surface area contributed by atoms with Gasteiger partial charge in [-0.05, 0) is 12.0 Å². The van der Waals surface area contributed by atoms with Gasteiger partial charge in [0.2, 0.25) is 11.8 Å². The first-order valence-electron chi connectivity index (χ1n) is 7.09. The average molecular weight is 308 g/mol. The molecule has 0 bridgehead atoms. The Kier molecular flexibility index (Phi) is 5.71. The average Bonchev–Trinajstić information content (AvgIpc) is 3.08. The van der Waals surface area contributed by atoms with Gasteiger partial charge in [0.15, 0.2) is 0 Å². The fraction of sp³-hybridized carbons (Fsp3) is 0.533. The van der Waals surface area contributed by atoms with Crippen LogP contribution in [0, 0.1) is 5.92 Å². The van der Waals surface area contributed by atoms with Crippen LogP contribution in [-0.2, 0) is 25.5 Å². The Morgan fingerprint density at radius 2 is 2.27 bits per heavy atom. The highest BCUT2D eigenvalue weighted by Gasteiger charge is 2.28. The van der Waals surface area contributed by atoms with E-state index in [0.29, 0.717) is 31.9 Å². The summed E-state index contributed by atoms with van der Waals surface area (Å²) in [5.74, 6) is -0.385. The molecule has 0 aliphatic carbocycles. The van der Waals surface area contributed by atoms with Crippen molar-refractivity contribution in [2.45, 2.75) is 18.9 Å². The number of rotatable bonds is 6. The molecule has 7 heteroatoms. The minimum atomic E-state index is -0.742. The van der Waals surface area contributed by atoms with Gasteiger partial charge in [0.1, 0.15) is 6.04 Å². The van der Waals surface area contributed by atoms with Crippen LogP contribution >= 0.6 is 0 Å². The first-order valence-corrected chi connectivity index (χ1v) is 7.09. The van der Waals surface area contributed by atoms with Gasteiger partial charge < -0.3 is 19.5 Å². The number of nitrogens with zero attached hydrogens (tertiary/aromatic N) is 1. The molecule has 1 aromatic rings. The molecule has 1 aliphatic rings. The second-order valence-electron chi connectivity index (χ2n) is 5.06. The van der Waals surface area contributed by atoms with Crippen molar-refractivity contribution in [1.29, 1.82) is 0 Å². The third-order valence-electron chi connectivity index (χ3n) is 3.55. The SMILES string of the molecule is COC(=O)[C@H](Cc1ccc(OC)nc1)NC(=O)[C@H]1CCOC1. The molecule has 1 N–H and O–H groups in total. The molecule has 1 aliphatic heterocycles. The minimum Gasteiger partial charge on any atom is -0.481 e. The summed E-state index contributed by atoms with van der Waals surface area (Å²) in [4.78, 5) is 28.1. The van der Waals surface area contributed by atoms with Gasteiger partial charge in [-0.3, -0.25) is 4.79 Å². The van der Waals surface area contributed by atoms with Gasteiger partial charge in [0.05, 0.1) is 26.7 Å². The van der Waals surface area contributed by atoms with Crippen LogP contribution < -0.4 is 10.1 Å². The highest BCUT2D eigenvalue weighted by atomic mass is 16.5. The number of carbonyl (C=O) groups is 2. The van der Waals surface area contributed by atoms with Crippen LogP contribution in [0.25, 0.3) is 0 Å². The van der Waals surface area contributed by atoms with Crippen LogP contribution in [0.15, 0.2) is 18.3 Å². The van der Waals surface area contributed by atoms with Crippen molar-refractivity contribution in [3.8, 4) is 5.88 Å². The van der Waals surface area contributed by atoms with Gasteiger partial charge in [-0.25, -0.2) is 9.78 Å². The summed E-state index contributed by atoms with van der Waals surface area (Å²) >= 11 is 0. The predicted octanol–water partition coefficient (Wildman–Crippen LogP) is 0.327. The van der Waals surface area contributed by atoms with E-state index in [4.69, 9.17) is 14.2 Å². The van der Waals surface area contributed by atoms with Gasteiger partial charge in [-0.1, -0.05) is 6.07 Å². The van der Waals surface area contributed by atoms with E-state index in [1.807, 2.05) is 0 Å². The molecule has 2 rings (SSSR count). The summed E-state index contributed by atoms with van der Waals surface area (Å²) in [6.07, 6.45) is 2.59. The normalized spacial score (nSPS) is 18.5. The van der Waals surface area contributed by atoms with Gasteiger partial charge in [0, 0.05) is 25.3 Å². The van der Waals surface area contributed by atoms with Crippen molar-refractivity contribution in [2.75, 3.05) is 27.4 Å². The Morgan fingerprint density at radius 3 is 2.82 bits per heavy atom. The highest BCUT2D eigenvalue weighted by Crippen LogP contribution is 2.14. The van der Waals surface area contributed by atoms with E-state index in [0.717, 1.165) is 5.56 Å². The molecule has 0 saturated carbocycles. The summed E-state index contributed by atoms with van der Waals surface area (Å²) in [6.45, 7) is 0.965. The Morgan fingerprint density at radius 1 is 1.45 bits per heavy atom.